The van der Waals surface area contributed by atoms with Gasteiger partial charge in [0.25, 0.3) is 0 Å². The third-order valence-corrected chi connectivity index (χ3v) is 3.21. The Balaban J connectivity index is 1.94. The van der Waals surface area contributed by atoms with E-state index in [-0.39, 0.29) is 0 Å². The minimum Gasteiger partial charge on any atom is -0.381 e. The fourth-order valence-electron chi connectivity index (χ4n) is 2.14. The molecule has 90 valence electrons. The van der Waals surface area contributed by atoms with Gasteiger partial charge >= 0.3 is 0 Å². The lowest BCUT2D eigenvalue weighted by Gasteiger charge is -2.20. The minimum absolute atomic E-state index is 0.431. The van der Waals surface area contributed by atoms with Crippen LogP contribution in [0.4, 0.5) is 5.95 Å². The van der Waals surface area contributed by atoms with Crippen LogP contribution in [0.15, 0.2) is 12.4 Å². The summed E-state index contributed by atoms with van der Waals surface area (Å²) in [6.45, 7) is 7.20. The molecule has 0 bridgehead atoms. The molecule has 1 N–H and O–H groups in total. The van der Waals surface area contributed by atoms with Crippen molar-refractivity contribution in [1.82, 2.24) is 9.55 Å². The van der Waals surface area contributed by atoms with Gasteiger partial charge in [-0.3, -0.25) is 0 Å². The Morgan fingerprint density at radius 3 is 3.25 bits per heavy atom. The van der Waals surface area contributed by atoms with Crippen LogP contribution in [0.25, 0.3) is 0 Å². The largest absolute Gasteiger partial charge is 0.381 e. The Bertz CT molecular complexity index is 318. The zero-order valence-corrected chi connectivity index (χ0v) is 10.1. The molecule has 2 atom stereocenters. The van der Waals surface area contributed by atoms with Crippen molar-refractivity contribution < 1.29 is 4.74 Å². The first kappa shape index (κ1) is 11.5. The molecule has 1 aliphatic rings. The summed E-state index contributed by atoms with van der Waals surface area (Å²) in [5, 5.41) is 3.49. The molecule has 0 spiro atoms. The van der Waals surface area contributed by atoms with Crippen LogP contribution < -0.4 is 5.32 Å². The second-order valence-electron chi connectivity index (χ2n) is 4.50. The average Bonchev–Trinajstić information content (AvgIpc) is 2.90. The Kier molecular flexibility index (Phi) is 3.83. The number of hydrogen-bond donors (Lipinski definition) is 1. The second kappa shape index (κ2) is 5.34. The van der Waals surface area contributed by atoms with E-state index in [2.05, 4.69) is 28.7 Å². The molecule has 4 nitrogen and oxygen atoms in total. The number of nitrogens with one attached hydrogen (secondary N) is 1. The monoisotopic (exact) mass is 223 g/mol. The van der Waals surface area contributed by atoms with Crippen molar-refractivity contribution in [3.05, 3.63) is 12.4 Å². The van der Waals surface area contributed by atoms with Crippen molar-refractivity contribution >= 4 is 5.95 Å². The van der Waals surface area contributed by atoms with Gasteiger partial charge in [-0.05, 0) is 19.8 Å². The third-order valence-electron chi connectivity index (χ3n) is 3.21. The van der Waals surface area contributed by atoms with Gasteiger partial charge in [-0.25, -0.2) is 4.98 Å². The number of aromatic nitrogens is 2. The van der Waals surface area contributed by atoms with Gasteiger partial charge in [-0.15, -0.1) is 0 Å². The highest BCUT2D eigenvalue weighted by Crippen LogP contribution is 2.19. The molecular formula is C12H21N3O. The lowest BCUT2D eigenvalue weighted by atomic mass is 10.0. The Labute approximate surface area is 97.0 Å². The minimum atomic E-state index is 0.431. The number of imidazole rings is 1. The average molecular weight is 223 g/mol. The van der Waals surface area contributed by atoms with Crippen molar-refractivity contribution in [2.24, 2.45) is 5.92 Å². The van der Waals surface area contributed by atoms with Crippen LogP contribution in [-0.2, 0) is 11.3 Å². The molecule has 1 aromatic rings. The molecule has 0 aromatic carbocycles. The van der Waals surface area contributed by atoms with Crippen molar-refractivity contribution in [2.75, 3.05) is 18.5 Å². The van der Waals surface area contributed by atoms with Crippen molar-refractivity contribution in [3.63, 3.8) is 0 Å². The van der Waals surface area contributed by atoms with Gasteiger partial charge in [0.1, 0.15) is 0 Å². The summed E-state index contributed by atoms with van der Waals surface area (Å²) >= 11 is 0. The Hall–Kier alpha value is -1.03. The van der Waals surface area contributed by atoms with Gasteiger partial charge in [-0.2, -0.15) is 0 Å². The highest BCUT2D eigenvalue weighted by atomic mass is 16.5. The maximum absolute atomic E-state index is 5.41. The first-order valence-corrected chi connectivity index (χ1v) is 6.16. The molecule has 1 aliphatic heterocycles. The highest BCUT2D eigenvalue weighted by molar-refractivity contribution is 5.27. The first-order valence-electron chi connectivity index (χ1n) is 6.16. The smallest absolute Gasteiger partial charge is 0.202 e. The quantitative estimate of drug-likeness (QED) is 0.831. The number of hydrogen-bond acceptors (Lipinski definition) is 3. The summed E-state index contributed by atoms with van der Waals surface area (Å²) in [7, 11) is 0. The fraction of sp³-hybridized carbons (Fsp3) is 0.750. The molecule has 0 saturated carbocycles. The topological polar surface area (TPSA) is 39.1 Å². The van der Waals surface area contributed by atoms with Gasteiger partial charge in [0.05, 0.1) is 6.61 Å². The Morgan fingerprint density at radius 1 is 1.69 bits per heavy atom. The maximum atomic E-state index is 5.41. The molecule has 2 unspecified atom stereocenters. The molecule has 0 amide bonds. The van der Waals surface area contributed by atoms with E-state index in [1.165, 1.54) is 0 Å². The number of rotatable bonds is 5. The molecule has 2 rings (SSSR count). The fourth-order valence-corrected chi connectivity index (χ4v) is 2.14. The number of nitrogens with zero attached hydrogens (tertiary/aromatic N) is 2. The van der Waals surface area contributed by atoms with E-state index in [0.29, 0.717) is 12.0 Å². The zero-order chi connectivity index (χ0) is 11.4. The van der Waals surface area contributed by atoms with Crippen LogP contribution in [-0.4, -0.2) is 28.8 Å². The molecule has 1 aromatic heterocycles. The van der Waals surface area contributed by atoms with E-state index in [1.54, 1.807) is 0 Å². The van der Waals surface area contributed by atoms with E-state index in [9.17, 15) is 0 Å². The molecule has 1 saturated heterocycles. The summed E-state index contributed by atoms with van der Waals surface area (Å²) < 4.78 is 7.58. The first-order chi connectivity index (χ1) is 7.81. The summed E-state index contributed by atoms with van der Waals surface area (Å²) in [6.07, 6.45) is 6.17. The van der Waals surface area contributed by atoms with Crippen molar-refractivity contribution in [2.45, 2.75) is 39.3 Å². The van der Waals surface area contributed by atoms with Crippen LogP contribution >= 0.6 is 0 Å². The molecular weight excluding hydrogens is 202 g/mol. The number of aryl methyl sites for hydroxylation is 1. The molecule has 0 aliphatic carbocycles. The van der Waals surface area contributed by atoms with Gasteiger partial charge in [0, 0.05) is 37.5 Å². The lowest BCUT2D eigenvalue weighted by molar-refractivity contribution is 0.183. The van der Waals surface area contributed by atoms with E-state index in [4.69, 9.17) is 4.74 Å². The maximum Gasteiger partial charge on any atom is 0.202 e. The van der Waals surface area contributed by atoms with E-state index in [1.807, 2.05) is 12.4 Å². The molecule has 0 radical (unpaired) electrons. The summed E-state index contributed by atoms with van der Waals surface area (Å²) in [5.41, 5.74) is 0. The van der Waals surface area contributed by atoms with Crippen LogP contribution in [0.1, 0.15) is 26.7 Å². The van der Waals surface area contributed by atoms with Gasteiger partial charge < -0.3 is 14.6 Å². The van der Waals surface area contributed by atoms with Gasteiger partial charge in [0.2, 0.25) is 5.95 Å². The molecule has 1 fully saturated rings. The predicted octanol–water partition coefficient (Wildman–Crippen LogP) is 2.13. The number of anilines is 1. The standard InChI is InChI=1S/C12H21N3O/c1-3-6-15-7-5-13-12(15)14-10(2)11-4-8-16-9-11/h5,7,10-11H,3-4,6,8-9H2,1-2H3,(H,13,14). The van der Waals surface area contributed by atoms with Gasteiger partial charge in [-0.1, -0.05) is 6.92 Å². The van der Waals surface area contributed by atoms with E-state index >= 15 is 0 Å². The zero-order valence-electron chi connectivity index (χ0n) is 10.1. The predicted molar refractivity (Wildman–Crippen MR) is 64.5 cm³/mol. The van der Waals surface area contributed by atoms with E-state index in [0.717, 1.165) is 38.5 Å². The van der Waals surface area contributed by atoms with Crippen LogP contribution in [0.5, 0.6) is 0 Å². The number of ether oxygens (including phenoxy) is 1. The second-order valence-corrected chi connectivity index (χ2v) is 4.50. The van der Waals surface area contributed by atoms with Crippen LogP contribution in [0.3, 0.4) is 0 Å². The lowest BCUT2D eigenvalue weighted by Crippen LogP contribution is -2.27. The highest BCUT2D eigenvalue weighted by Gasteiger charge is 2.22. The van der Waals surface area contributed by atoms with Crippen LogP contribution in [0, 0.1) is 5.92 Å². The molecule has 4 heteroatoms. The molecule has 16 heavy (non-hydrogen) atoms. The summed E-state index contributed by atoms with van der Waals surface area (Å²) in [4.78, 5) is 4.36. The SMILES string of the molecule is CCCn1ccnc1NC(C)C1CCOC1. The Morgan fingerprint density at radius 2 is 2.56 bits per heavy atom. The van der Waals surface area contributed by atoms with Crippen molar-refractivity contribution in [3.8, 4) is 0 Å². The van der Waals surface area contributed by atoms with Gasteiger partial charge in [0.15, 0.2) is 0 Å². The summed E-state index contributed by atoms with van der Waals surface area (Å²) in [5.74, 6) is 1.60. The third kappa shape index (κ3) is 2.55. The van der Waals surface area contributed by atoms with Crippen molar-refractivity contribution in [1.29, 1.82) is 0 Å². The van der Waals surface area contributed by atoms with E-state index < -0.39 is 0 Å². The molecule has 2 heterocycles. The van der Waals surface area contributed by atoms with Crippen LogP contribution in [0.2, 0.25) is 0 Å². The summed E-state index contributed by atoms with van der Waals surface area (Å²) in [6, 6.07) is 0.431. The normalized spacial score (nSPS) is 22.2.